The van der Waals surface area contributed by atoms with E-state index in [-0.39, 0.29) is 45.7 Å². The summed E-state index contributed by atoms with van der Waals surface area (Å²) in [5.74, 6) is -1.32. The van der Waals surface area contributed by atoms with E-state index in [0.717, 1.165) is 22.0 Å². The van der Waals surface area contributed by atoms with Crippen LogP contribution in [0.3, 0.4) is 0 Å². The Morgan fingerprint density at radius 1 is 1.03 bits per heavy atom. The number of benzene rings is 2. The molecule has 2 heterocycles. The molecule has 8 nitrogen and oxygen atoms in total. The largest absolute Gasteiger partial charge is 0.318 e. The summed E-state index contributed by atoms with van der Waals surface area (Å²) in [4.78, 5) is 29.2. The minimum atomic E-state index is -4.27. The van der Waals surface area contributed by atoms with Gasteiger partial charge in [-0.2, -0.15) is 0 Å². The summed E-state index contributed by atoms with van der Waals surface area (Å²) in [7, 11) is -4.27. The van der Waals surface area contributed by atoms with Crippen LogP contribution in [0.1, 0.15) is 18.4 Å². The van der Waals surface area contributed by atoms with Crippen LogP contribution in [0.5, 0.6) is 0 Å². The fraction of sp³-hybridized carbons (Fsp3) is 0.304. The highest BCUT2D eigenvalue weighted by Gasteiger charge is 2.51. The third-order valence-corrected chi connectivity index (χ3v) is 8.76. The molecule has 0 aromatic heterocycles. The lowest BCUT2D eigenvalue weighted by molar-refractivity contribution is -0.148. The molecule has 184 valence electrons. The lowest BCUT2D eigenvalue weighted by Gasteiger charge is -2.47. The Morgan fingerprint density at radius 2 is 1.71 bits per heavy atom. The van der Waals surface area contributed by atoms with Gasteiger partial charge in [-0.05, 0) is 48.7 Å². The highest BCUT2D eigenvalue weighted by molar-refractivity contribution is 7.89. The summed E-state index contributed by atoms with van der Waals surface area (Å²) in [5, 5.41) is 0.187. The van der Waals surface area contributed by atoms with Crippen molar-refractivity contribution in [2.45, 2.75) is 42.3 Å². The summed E-state index contributed by atoms with van der Waals surface area (Å²) in [6, 6.07) is 7.26. The molecule has 35 heavy (non-hydrogen) atoms. The molecular formula is C23H21Cl2FN4O4S. The highest BCUT2D eigenvalue weighted by Crippen LogP contribution is 2.38. The van der Waals surface area contributed by atoms with Crippen molar-refractivity contribution in [3.05, 3.63) is 75.9 Å². The van der Waals surface area contributed by atoms with Gasteiger partial charge in [-0.3, -0.25) is 14.5 Å². The number of carbonyl (C=O) groups is 2. The zero-order valence-electron chi connectivity index (χ0n) is 18.3. The second-order valence-electron chi connectivity index (χ2n) is 8.74. The highest BCUT2D eigenvalue weighted by atomic mass is 35.5. The number of halogens is 3. The molecule has 2 aromatic rings. The van der Waals surface area contributed by atoms with Crippen molar-refractivity contribution >= 4 is 45.0 Å². The predicted molar refractivity (Wildman–Crippen MR) is 127 cm³/mol. The van der Waals surface area contributed by atoms with E-state index >= 15 is 0 Å². The zero-order valence-corrected chi connectivity index (χ0v) is 20.6. The van der Waals surface area contributed by atoms with E-state index in [1.54, 1.807) is 0 Å². The standard InChI is InChI=1S/C23H21Cl2FN4O4S/c24-14-3-8-20(17(25)10-14)35(33,34)29-11-18(27)22(31)30-19(9-13-1-4-15(26)5-2-13)23(32)28(12-21(29)30)16-6-7-16/h1-5,8,10,12,16,18-19H,6-7,9,11,27H2. The van der Waals surface area contributed by atoms with E-state index in [9.17, 15) is 22.4 Å². The molecular weight excluding hydrogens is 518 g/mol. The van der Waals surface area contributed by atoms with Gasteiger partial charge in [0.2, 0.25) is 11.8 Å². The normalized spacial score (nSPS) is 22.9. The average Bonchev–Trinajstić information content (AvgIpc) is 3.64. The van der Waals surface area contributed by atoms with Gasteiger partial charge < -0.3 is 10.6 Å². The lowest BCUT2D eigenvalue weighted by Crippen LogP contribution is -2.66. The third-order valence-electron chi connectivity index (χ3n) is 6.27. The van der Waals surface area contributed by atoms with E-state index in [1.165, 1.54) is 53.6 Å². The van der Waals surface area contributed by atoms with Gasteiger partial charge in [0, 0.05) is 23.7 Å². The van der Waals surface area contributed by atoms with Crippen molar-refractivity contribution < 1.29 is 22.4 Å². The number of hydrogen-bond donors (Lipinski definition) is 1. The molecule has 0 bridgehead atoms. The molecule has 2 unspecified atom stereocenters. The first-order valence-corrected chi connectivity index (χ1v) is 13.1. The summed E-state index contributed by atoms with van der Waals surface area (Å²) >= 11 is 12.2. The maximum atomic E-state index is 13.7. The molecule has 0 spiro atoms. The van der Waals surface area contributed by atoms with Gasteiger partial charge in [0.15, 0.2) is 0 Å². The minimum Gasteiger partial charge on any atom is -0.318 e. The first-order chi connectivity index (χ1) is 16.6. The van der Waals surface area contributed by atoms with E-state index < -0.39 is 33.8 Å². The van der Waals surface area contributed by atoms with Crippen LogP contribution in [0.2, 0.25) is 10.0 Å². The molecule has 2 N–H and O–H groups in total. The van der Waals surface area contributed by atoms with Crippen molar-refractivity contribution in [1.29, 1.82) is 0 Å². The van der Waals surface area contributed by atoms with Crippen LogP contribution in [-0.4, -0.2) is 59.0 Å². The smallest absolute Gasteiger partial charge is 0.267 e. The second kappa shape index (κ2) is 8.77. The zero-order chi connectivity index (χ0) is 25.1. The summed E-state index contributed by atoms with van der Waals surface area (Å²) in [6.45, 7) is -0.321. The van der Waals surface area contributed by atoms with Crippen LogP contribution in [-0.2, 0) is 26.0 Å². The van der Waals surface area contributed by atoms with Gasteiger partial charge in [-0.1, -0.05) is 35.3 Å². The maximum Gasteiger partial charge on any atom is 0.267 e. The lowest BCUT2D eigenvalue weighted by atomic mass is 9.99. The first kappa shape index (κ1) is 24.1. The van der Waals surface area contributed by atoms with Gasteiger partial charge in [-0.15, -0.1) is 0 Å². The fourth-order valence-electron chi connectivity index (χ4n) is 4.36. The number of rotatable bonds is 5. The van der Waals surface area contributed by atoms with Crippen LogP contribution in [0.4, 0.5) is 4.39 Å². The predicted octanol–water partition coefficient (Wildman–Crippen LogP) is 2.71. The Hall–Kier alpha value is -2.66. The molecule has 2 atom stereocenters. The van der Waals surface area contributed by atoms with Gasteiger partial charge in [-0.25, -0.2) is 17.1 Å². The second-order valence-corrected chi connectivity index (χ2v) is 11.4. The minimum absolute atomic E-state index is 0.0290. The number of nitrogens with zero attached hydrogens (tertiary/aromatic N) is 3. The summed E-state index contributed by atoms with van der Waals surface area (Å²) in [6.07, 6.45) is 3.00. The van der Waals surface area contributed by atoms with E-state index in [1.807, 2.05) is 0 Å². The molecule has 0 radical (unpaired) electrons. The van der Waals surface area contributed by atoms with Gasteiger partial charge in [0.1, 0.15) is 28.6 Å². The molecule has 2 amide bonds. The topological polar surface area (TPSA) is 104 Å². The Balaban J connectivity index is 1.61. The summed E-state index contributed by atoms with van der Waals surface area (Å²) in [5.41, 5.74) is 6.70. The monoisotopic (exact) mass is 538 g/mol. The van der Waals surface area contributed by atoms with Crippen molar-refractivity contribution in [2.24, 2.45) is 5.73 Å². The molecule has 2 fully saturated rings. The number of hydrogen-bond acceptors (Lipinski definition) is 5. The SMILES string of the molecule is NC1CN(S(=O)(=O)c2ccc(Cl)cc2Cl)C2=CN(C3CC3)C(=O)C(Cc3ccc(F)cc3)N2C1=O. The first-order valence-electron chi connectivity index (χ1n) is 10.9. The Morgan fingerprint density at radius 3 is 2.34 bits per heavy atom. The molecule has 2 aromatic carbocycles. The van der Waals surface area contributed by atoms with Crippen LogP contribution >= 0.6 is 23.2 Å². The van der Waals surface area contributed by atoms with E-state index in [2.05, 4.69) is 0 Å². The quantitative estimate of drug-likeness (QED) is 0.630. The summed E-state index contributed by atoms with van der Waals surface area (Å²) < 4.78 is 41.9. The molecule has 5 rings (SSSR count). The van der Waals surface area contributed by atoms with Crippen molar-refractivity contribution in [3.63, 3.8) is 0 Å². The molecule has 1 aliphatic carbocycles. The van der Waals surface area contributed by atoms with Gasteiger partial charge >= 0.3 is 0 Å². The van der Waals surface area contributed by atoms with Gasteiger partial charge in [0.05, 0.1) is 11.6 Å². The van der Waals surface area contributed by atoms with E-state index in [0.29, 0.717) is 5.56 Å². The molecule has 3 aliphatic rings. The average molecular weight is 539 g/mol. The third kappa shape index (κ3) is 4.29. The maximum absolute atomic E-state index is 13.7. The number of sulfonamides is 1. The van der Waals surface area contributed by atoms with Crippen molar-refractivity contribution in [3.8, 4) is 0 Å². The Labute approximate surface area is 211 Å². The fourth-order valence-corrected chi connectivity index (χ4v) is 6.58. The number of fused-ring (bicyclic) bond motifs is 1. The number of nitrogens with two attached hydrogens (primary N) is 1. The van der Waals surface area contributed by atoms with Crippen LogP contribution in [0, 0.1) is 5.82 Å². The van der Waals surface area contributed by atoms with Crippen LogP contribution < -0.4 is 5.73 Å². The van der Waals surface area contributed by atoms with Gasteiger partial charge in [0.25, 0.3) is 10.0 Å². The molecule has 1 saturated carbocycles. The Kier molecular flexibility index (Phi) is 6.03. The number of amides is 2. The molecule has 1 saturated heterocycles. The van der Waals surface area contributed by atoms with E-state index in [4.69, 9.17) is 28.9 Å². The van der Waals surface area contributed by atoms with Crippen molar-refractivity contribution in [2.75, 3.05) is 6.54 Å². The van der Waals surface area contributed by atoms with Crippen LogP contribution in [0.25, 0.3) is 0 Å². The van der Waals surface area contributed by atoms with Crippen molar-refractivity contribution in [1.82, 2.24) is 14.1 Å². The van der Waals surface area contributed by atoms with Crippen LogP contribution in [0.15, 0.2) is 59.4 Å². The Bertz CT molecular complexity index is 1350. The molecule has 12 heteroatoms. The molecule has 2 aliphatic heterocycles. The number of carbonyl (C=O) groups excluding carboxylic acids is 2.